The summed E-state index contributed by atoms with van der Waals surface area (Å²) in [6.45, 7) is 15.7. The van der Waals surface area contributed by atoms with Crippen LogP contribution in [0.1, 0.15) is 66.9 Å². The van der Waals surface area contributed by atoms with E-state index < -0.39 is 26.9 Å². The lowest BCUT2D eigenvalue weighted by Crippen LogP contribution is -2.28. The Morgan fingerprint density at radius 2 is 1.58 bits per heavy atom. The van der Waals surface area contributed by atoms with E-state index in [4.69, 9.17) is 0 Å². The minimum atomic E-state index is -4.13. The molecule has 5 aromatic rings. The van der Waals surface area contributed by atoms with Gasteiger partial charge in [0.1, 0.15) is 0 Å². The van der Waals surface area contributed by atoms with Gasteiger partial charge in [-0.1, -0.05) is 119 Å². The zero-order valence-corrected chi connectivity index (χ0v) is 31.0. The van der Waals surface area contributed by atoms with E-state index in [0.29, 0.717) is 12.2 Å². The van der Waals surface area contributed by atoms with Crippen molar-refractivity contribution in [3.05, 3.63) is 161 Å². The molecule has 4 aromatic carbocycles. The van der Waals surface area contributed by atoms with Gasteiger partial charge in [0.25, 0.3) is 10.1 Å². The quantitative estimate of drug-likeness (QED) is 0.104. The van der Waals surface area contributed by atoms with Crippen LogP contribution in [0.3, 0.4) is 0 Å². The molecule has 2 N–H and O–H groups in total. The zero-order valence-electron chi connectivity index (χ0n) is 30.2. The molecule has 0 atom stereocenters. The third-order valence-electron chi connectivity index (χ3n) is 10.3. The number of nitrogens with zero attached hydrogens (tertiary/aromatic N) is 2. The second-order valence-electron chi connectivity index (χ2n) is 14.5. The van der Waals surface area contributed by atoms with Crippen molar-refractivity contribution in [1.82, 2.24) is 4.98 Å². The second kappa shape index (κ2) is 14.0. The predicted octanol–water partition coefficient (Wildman–Crippen LogP) is 9.83. The largest absolute Gasteiger partial charge is 0.478 e. The van der Waals surface area contributed by atoms with Crippen molar-refractivity contribution in [1.29, 1.82) is 0 Å². The Morgan fingerprint density at radius 3 is 2.23 bits per heavy atom. The van der Waals surface area contributed by atoms with Gasteiger partial charge in [-0.2, -0.15) is 8.42 Å². The SMILES string of the molecule is C=C(/C=C/C(=C/C=C1/N(CCCS(=O)(=O)O)c2ccc3ccccc3c2C1(C)C)c1ccc(C(=O)O)cn1)C(C)(C)c1c(C)ccc2ccccc12. The minimum absolute atomic E-state index is 0.0895. The van der Waals surface area contributed by atoms with Crippen LogP contribution in [0.25, 0.3) is 27.1 Å². The van der Waals surface area contributed by atoms with Crippen LogP contribution in [0.5, 0.6) is 0 Å². The van der Waals surface area contributed by atoms with Crippen LogP contribution in [0.4, 0.5) is 5.69 Å². The Bertz CT molecular complexity index is 2420. The van der Waals surface area contributed by atoms with Crippen molar-refractivity contribution in [3.8, 4) is 0 Å². The average Bonchev–Trinajstić information content (AvgIpc) is 3.32. The molecule has 0 amide bonds. The van der Waals surface area contributed by atoms with E-state index >= 15 is 0 Å². The fourth-order valence-corrected chi connectivity index (χ4v) is 8.03. The van der Waals surface area contributed by atoms with E-state index in [9.17, 15) is 22.9 Å². The fraction of sp³-hybridized carbons (Fsp3) is 0.227. The molecule has 0 spiro atoms. The van der Waals surface area contributed by atoms with Crippen LogP contribution >= 0.6 is 0 Å². The second-order valence-corrected chi connectivity index (χ2v) is 16.0. The number of anilines is 1. The van der Waals surface area contributed by atoms with Crippen LogP contribution < -0.4 is 4.90 Å². The Hall–Kier alpha value is -5.31. The molecule has 52 heavy (non-hydrogen) atoms. The zero-order chi connectivity index (χ0) is 37.4. The molecule has 0 radical (unpaired) electrons. The number of pyridine rings is 1. The summed E-state index contributed by atoms with van der Waals surface area (Å²) in [5.41, 5.74) is 6.86. The van der Waals surface area contributed by atoms with E-state index in [0.717, 1.165) is 44.3 Å². The average molecular weight is 713 g/mol. The van der Waals surface area contributed by atoms with E-state index in [-0.39, 0.29) is 17.7 Å². The van der Waals surface area contributed by atoms with Crippen molar-refractivity contribution in [3.63, 3.8) is 0 Å². The van der Waals surface area contributed by atoms with Gasteiger partial charge in [-0.25, -0.2) is 4.79 Å². The maximum atomic E-state index is 11.7. The summed E-state index contributed by atoms with van der Waals surface area (Å²) >= 11 is 0. The molecule has 1 aliphatic heterocycles. The number of rotatable bonds is 11. The van der Waals surface area contributed by atoms with E-state index in [2.05, 4.69) is 106 Å². The minimum Gasteiger partial charge on any atom is -0.478 e. The molecule has 0 bridgehead atoms. The number of hydrogen-bond donors (Lipinski definition) is 2. The maximum absolute atomic E-state index is 11.7. The van der Waals surface area contributed by atoms with Crippen molar-refractivity contribution in [2.75, 3.05) is 17.2 Å². The Morgan fingerprint density at radius 1 is 0.923 bits per heavy atom. The number of carboxylic acids is 1. The molecule has 0 fully saturated rings. The molecule has 8 heteroatoms. The van der Waals surface area contributed by atoms with Crippen molar-refractivity contribution in [2.24, 2.45) is 0 Å². The highest BCUT2D eigenvalue weighted by molar-refractivity contribution is 7.85. The summed E-state index contributed by atoms with van der Waals surface area (Å²) in [7, 11) is -4.13. The van der Waals surface area contributed by atoms with Crippen molar-refractivity contribution in [2.45, 2.75) is 51.9 Å². The Labute approximate surface area is 306 Å². The van der Waals surface area contributed by atoms with Crippen LogP contribution in [0, 0.1) is 6.92 Å². The number of carboxylic acid groups (broad SMARTS) is 1. The van der Waals surface area contributed by atoms with Crippen LogP contribution in [-0.4, -0.2) is 41.3 Å². The first kappa shape index (κ1) is 36.5. The normalized spacial score (nSPS) is 15.5. The van der Waals surface area contributed by atoms with Gasteiger partial charge in [0.2, 0.25) is 0 Å². The third kappa shape index (κ3) is 7.09. The van der Waals surface area contributed by atoms with Crippen molar-refractivity contribution < 1.29 is 22.9 Å². The van der Waals surface area contributed by atoms with E-state index in [1.807, 2.05) is 42.5 Å². The molecule has 0 saturated carbocycles. The van der Waals surface area contributed by atoms with E-state index in [1.165, 1.54) is 22.7 Å². The molecule has 7 nitrogen and oxygen atoms in total. The highest BCUT2D eigenvalue weighted by atomic mass is 32.2. The molecule has 2 heterocycles. The monoisotopic (exact) mass is 712 g/mol. The number of carbonyl (C=O) groups is 1. The molecule has 0 saturated heterocycles. The van der Waals surface area contributed by atoms with Gasteiger partial charge in [0.15, 0.2) is 0 Å². The summed E-state index contributed by atoms with van der Waals surface area (Å²) in [4.78, 5) is 18.4. The Kier molecular flexibility index (Phi) is 9.83. The van der Waals surface area contributed by atoms with Gasteiger partial charge >= 0.3 is 5.97 Å². The Balaban J connectivity index is 1.46. The molecule has 1 aliphatic rings. The number of aromatic carboxylic acids is 1. The van der Waals surface area contributed by atoms with Gasteiger partial charge < -0.3 is 10.0 Å². The summed E-state index contributed by atoms with van der Waals surface area (Å²) < 4.78 is 32.9. The number of benzene rings is 4. The summed E-state index contributed by atoms with van der Waals surface area (Å²) in [6, 6.07) is 28.3. The molecular formula is C44H44N2O5S. The van der Waals surface area contributed by atoms with E-state index in [1.54, 1.807) is 12.1 Å². The smallest absolute Gasteiger partial charge is 0.337 e. The molecule has 0 aliphatic carbocycles. The highest BCUT2D eigenvalue weighted by Gasteiger charge is 2.41. The maximum Gasteiger partial charge on any atom is 0.337 e. The first-order valence-corrected chi connectivity index (χ1v) is 18.9. The van der Waals surface area contributed by atoms with Gasteiger partial charge in [-0.15, -0.1) is 0 Å². The molecule has 6 rings (SSSR count). The summed E-state index contributed by atoms with van der Waals surface area (Å²) in [5, 5.41) is 14.1. The predicted molar refractivity (Wildman–Crippen MR) is 213 cm³/mol. The fourth-order valence-electron chi connectivity index (χ4n) is 7.54. The molecule has 0 unspecified atom stereocenters. The number of allylic oxidation sites excluding steroid dienone is 7. The number of aryl methyl sites for hydroxylation is 1. The summed E-state index contributed by atoms with van der Waals surface area (Å²) in [5.74, 6) is -1.40. The first-order chi connectivity index (χ1) is 24.6. The van der Waals surface area contributed by atoms with Gasteiger partial charge in [0.05, 0.1) is 17.0 Å². The lowest BCUT2D eigenvalue weighted by Gasteiger charge is -2.30. The topological polar surface area (TPSA) is 108 Å². The number of fused-ring (bicyclic) bond motifs is 4. The van der Waals surface area contributed by atoms with Crippen LogP contribution in [0.2, 0.25) is 0 Å². The molecule has 1 aromatic heterocycles. The van der Waals surface area contributed by atoms with Gasteiger partial charge in [-0.05, 0) is 81.4 Å². The standard InChI is InChI=1S/C44H44N2O5S/c1-29-16-18-31-12-7-9-14-35(31)40(29)43(3,4)30(2)17-19-33(37-23-20-34(28-45-37)42(47)48)22-25-39-44(5,6)41-36-15-10-8-13-32(36)21-24-38(41)46(39)26-11-27-52(49,50)51/h7-10,12-25,28H,2,11,26-27H2,1,3-6H3,(H,47,48)(H,49,50,51)/b19-17+,33-22-,39-25+. The summed E-state index contributed by atoms with van der Waals surface area (Å²) in [6.07, 6.45) is 9.58. The van der Waals surface area contributed by atoms with Gasteiger partial charge in [-0.3, -0.25) is 9.54 Å². The highest BCUT2D eigenvalue weighted by Crippen LogP contribution is 2.51. The first-order valence-electron chi connectivity index (χ1n) is 17.3. The third-order valence-corrected chi connectivity index (χ3v) is 11.1. The van der Waals surface area contributed by atoms with Crippen LogP contribution in [-0.2, 0) is 20.9 Å². The lowest BCUT2D eigenvalue weighted by atomic mass is 9.74. The number of aromatic nitrogens is 1. The van der Waals surface area contributed by atoms with Gasteiger partial charge in [0, 0.05) is 40.5 Å². The lowest BCUT2D eigenvalue weighted by molar-refractivity contribution is 0.0696. The number of hydrogen-bond acceptors (Lipinski definition) is 5. The molecule has 266 valence electrons. The van der Waals surface area contributed by atoms with Crippen LogP contribution in [0.15, 0.2) is 133 Å². The van der Waals surface area contributed by atoms with Crippen molar-refractivity contribution >= 4 is 48.9 Å². The molecular weight excluding hydrogens is 669 g/mol.